The summed E-state index contributed by atoms with van der Waals surface area (Å²) in [4.78, 5) is 16.3. The van der Waals surface area contributed by atoms with E-state index in [9.17, 15) is 4.79 Å². The predicted octanol–water partition coefficient (Wildman–Crippen LogP) is 2.25. The molecule has 0 aliphatic heterocycles. The molecule has 0 unspecified atom stereocenters. The maximum atomic E-state index is 12.3. The summed E-state index contributed by atoms with van der Waals surface area (Å²) in [6.45, 7) is 3.35. The van der Waals surface area contributed by atoms with Gasteiger partial charge in [0.1, 0.15) is 12.2 Å². The molecule has 112 valence electrons. The zero-order chi connectivity index (χ0) is 15.1. The van der Waals surface area contributed by atoms with Crippen molar-refractivity contribution in [1.82, 2.24) is 20.5 Å². The van der Waals surface area contributed by atoms with Gasteiger partial charge in [0.25, 0.3) is 5.91 Å². The third-order valence-corrected chi connectivity index (χ3v) is 3.14. The van der Waals surface area contributed by atoms with Crippen molar-refractivity contribution in [3.63, 3.8) is 0 Å². The van der Waals surface area contributed by atoms with Crippen LogP contribution in [0.1, 0.15) is 29.5 Å². The fraction of sp³-hybridized carbons (Fsp3) is 0.357. The van der Waals surface area contributed by atoms with Crippen LogP contribution in [0, 0.1) is 0 Å². The lowest BCUT2D eigenvalue weighted by atomic mass is 10.1. The normalized spacial score (nSPS) is 10.4. The first-order valence-corrected chi connectivity index (χ1v) is 7.24. The summed E-state index contributed by atoms with van der Waals surface area (Å²) in [5.41, 5.74) is 1.34. The summed E-state index contributed by atoms with van der Waals surface area (Å²) in [5.74, 6) is 0.585. The first-order chi connectivity index (χ1) is 10.2. The lowest BCUT2D eigenvalue weighted by molar-refractivity contribution is 0.0955. The van der Waals surface area contributed by atoms with E-state index in [1.54, 1.807) is 12.1 Å². The molecule has 0 saturated carbocycles. The monoisotopic (exact) mass is 307 g/mol. The molecule has 3 N–H and O–H groups in total. The molecule has 21 heavy (non-hydrogen) atoms. The predicted molar refractivity (Wildman–Crippen MR) is 82.7 cm³/mol. The van der Waals surface area contributed by atoms with E-state index in [0.717, 1.165) is 24.5 Å². The number of halogens is 1. The Labute approximate surface area is 128 Å². The summed E-state index contributed by atoms with van der Waals surface area (Å²) in [6.07, 6.45) is 3.03. The van der Waals surface area contributed by atoms with Crippen molar-refractivity contribution in [3.05, 3.63) is 40.9 Å². The average molecular weight is 308 g/mol. The topological polar surface area (TPSA) is 82.7 Å². The minimum atomic E-state index is -0.157. The summed E-state index contributed by atoms with van der Waals surface area (Å²) in [6, 6.07) is 5.26. The Morgan fingerprint density at radius 2 is 2.24 bits per heavy atom. The van der Waals surface area contributed by atoms with Crippen LogP contribution in [0.2, 0.25) is 5.02 Å². The number of H-pyrrole nitrogens is 1. The van der Waals surface area contributed by atoms with E-state index in [-0.39, 0.29) is 5.91 Å². The van der Waals surface area contributed by atoms with Gasteiger partial charge in [-0.05, 0) is 24.6 Å². The van der Waals surface area contributed by atoms with Gasteiger partial charge in [-0.1, -0.05) is 18.5 Å². The first-order valence-electron chi connectivity index (χ1n) is 6.86. The second kappa shape index (κ2) is 7.64. The minimum Gasteiger partial charge on any atom is -0.384 e. The zero-order valence-electron chi connectivity index (χ0n) is 11.8. The highest BCUT2D eigenvalue weighted by Crippen LogP contribution is 2.20. The zero-order valence-corrected chi connectivity index (χ0v) is 12.6. The van der Waals surface area contributed by atoms with E-state index in [2.05, 4.69) is 32.7 Å². The molecule has 0 saturated heterocycles. The van der Waals surface area contributed by atoms with Gasteiger partial charge in [-0.3, -0.25) is 9.89 Å². The summed E-state index contributed by atoms with van der Waals surface area (Å²) in [5, 5.41) is 13.1. The molecule has 6 nitrogen and oxygen atoms in total. The van der Waals surface area contributed by atoms with Crippen LogP contribution in [0.4, 0.5) is 5.69 Å². The standard InChI is InChI=1S/C14H18ClN5O/c1-2-6-16-12-4-3-10(15)8-11(12)14(21)17-7-5-13-18-9-19-20-13/h3-4,8-9,16H,2,5-7H2,1H3,(H,17,21)(H,18,19,20). The quantitative estimate of drug-likeness (QED) is 0.732. The second-order valence-electron chi connectivity index (χ2n) is 4.55. The van der Waals surface area contributed by atoms with E-state index >= 15 is 0 Å². The fourth-order valence-electron chi connectivity index (χ4n) is 1.86. The molecule has 1 heterocycles. The highest BCUT2D eigenvalue weighted by molar-refractivity contribution is 6.31. The molecule has 7 heteroatoms. The Bertz CT molecular complexity index is 585. The number of aromatic amines is 1. The Morgan fingerprint density at radius 1 is 1.38 bits per heavy atom. The number of aromatic nitrogens is 3. The van der Waals surface area contributed by atoms with Crippen molar-refractivity contribution in [2.24, 2.45) is 0 Å². The SMILES string of the molecule is CCCNc1ccc(Cl)cc1C(=O)NCCc1ncn[nH]1. The van der Waals surface area contributed by atoms with Gasteiger partial charge in [-0.15, -0.1) is 0 Å². The molecule has 0 spiro atoms. The minimum absolute atomic E-state index is 0.157. The van der Waals surface area contributed by atoms with E-state index in [1.807, 2.05) is 6.07 Å². The molecule has 0 radical (unpaired) electrons. The molecule has 1 aromatic carbocycles. The van der Waals surface area contributed by atoms with Crippen LogP contribution in [0.15, 0.2) is 24.5 Å². The van der Waals surface area contributed by atoms with Crippen molar-refractivity contribution in [3.8, 4) is 0 Å². The average Bonchev–Trinajstić information content (AvgIpc) is 2.99. The summed E-state index contributed by atoms with van der Waals surface area (Å²) >= 11 is 5.98. The van der Waals surface area contributed by atoms with Crippen molar-refractivity contribution >= 4 is 23.2 Å². The van der Waals surface area contributed by atoms with Gasteiger partial charge in [0, 0.05) is 30.2 Å². The van der Waals surface area contributed by atoms with E-state index in [1.165, 1.54) is 6.33 Å². The van der Waals surface area contributed by atoms with Crippen LogP contribution in [0.5, 0.6) is 0 Å². The highest BCUT2D eigenvalue weighted by Gasteiger charge is 2.11. The molecule has 0 aliphatic rings. The lowest BCUT2D eigenvalue weighted by Crippen LogP contribution is -2.27. The molecular weight excluding hydrogens is 290 g/mol. The van der Waals surface area contributed by atoms with Crippen molar-refractivity contribution in [2.75, 3.05) is 18.4 Å². The Morgan fingerprint density at radius 3 is 2.95 bits per heavy atom. The van der Waals surface area contributed by atoms with Crippen LogP contribution in [-0.4, -0.2) is 34.2 Å². The number of benzene rings is 1. The molecular formula is C14H18ClN5O. The van der Waals surface area contributed by atoms with Gasteiger partial charge < -0.3 is 10.6 Å². The molecule has 0 fully saturated rings. The Balaban J connectivity index is 1.98. The summed E-state index contributed by atoms with van der Waals surface area (Å²) < 4.78 is 0. The number of carbonyl (C=O) groups excluding carboxylic acids is 1. The van der Waals surface area contributed by atoms with Crippen molar-refractivity contribution < 1.29 is 4.79 Å². The number of hydrogen-bond acceptors (Lipinski definition) is 4. The van der Waals surface area contributed by atoms with Crippen LogP contribution in [0.25, 0.3) is 0 Å². The molecule has 1 amide bonds. The van der Waals surface area contributed by atoms with Gasteiger partial charge in [0.05, 0.1) is 5.56 Å². The van der Waals surface area contributed by atoms with E-state index in [0.29, 0.717) is 23.6 Å². The molecule has 2 rings (SSSR count). The molecule has 0 bridgehead atoms. The van der Waals surface area contributed by atoms with Crippen LogP contribution in [0.3, 0.4) is 0 Å². The van der Waals surface area contributed by atoms with Gasteiger partial charge >= 0.3 is 0 Å². The van der Waals surface area contributed by atoms with Crippen LogP contribution < -0.4 is 10.6 Å². The second-order valence-corrected chi connectivity index (χ2v) is 4.99. The number of nitrogens with zero attached hydrogens (tertiary/aromatic N) is 2. The third-order valence-electron chi connectivity index (χ3n) is 2.90. The van der Waals surface area contributed by atoms with Gasteiger partial charge in [0.2, 0.25) is 0 Å². The number of nitrogens with one attached hydrogen (secondary N) is 3. The highest BCUT2D eigenvalue weighted by atomic mass is 35.5. The van der Waals surface area contributed by atoms with Crippen LogP contribution >= 0.6 is 11.6 Å². The lowest BCUT2D eigenvalue weighted by Gasteiger charge is -2.12. The van der Waals surface area contributed by atoms with Gasteiger partial charge in [-0.2, -0.15) is 5.10 Å². The largest absolute Gasteiger partial charge is 0.384 e. The third kappa shape index (κ3) is 4.46. The van der Waals surface area contributed by atoms with E-state index in [4.69, 9.17) is 11.6 Å². The molecule has 2 aromatic rings. The van der Waals surface area contributed by atoms with Crippen LogP contribution in [-0.2, 0) is 6.42 Å². The smallest absolute Gasteiger partial charge is 0.253 e. The maximum absolute atomic E-state index is 12.3. The number of hydrogen-bond donors (Lipinski definition) is 3. The molecule has 0 atom stereocenters. The molecule has 0 aliphatic carbocycles. The number of anilines is 1. The fourth-order valence-corrected chi connectivity index (χ4v) is 2.03. The first kappa shape index (κ1) is 15.3. The summed E-state index contributed by atoms with van der Waals surface area (Å²) in [7, 11) is 0. The number of carbonyl (C=O) groups is 1. The number of amides is 1. The van der Waals surface area contributed by atoms with Gasteiger partial charge in [0.15, 0.2) is 0 Å². The molecule has 1 aromatic heterocycles. The maximum Gasteiger partial charge on any atom is 0.253 e. The number of rotatable bonds is 7. The van der Waals surface area contributed by atoms with E-state index < -0.39 is 0 Å². The Kier molecular flexibility index (Phi) is 5.57. The van der Waals surface area contributed by atoms with Gasteiger partial charge in [-0.25, -0.2) is 4.98 Å². The van der Waals surface area contributed by atoms with Crippen molar-refractivity contribution in [1.29, 1.82) is 0 Å². The Hall–Kier alpha value is -2.08. The van der Waals surface area contributed by atoms with Crippen molar-refractivity contribution in [2.45, 2.75) is 19.8 Å².